The maximum Gasteiger partial charge on any atom is 0.114 e. The number of aromatic nitrogens is 1. The molecule has 0 spiro atoms. The van der Waals surface area contributed by atoms with Gasteiger partial charge in [-0.15, -0.1) is 11.8 Å². The lowest BCUT2D eigenvalue weighted by Gasteiger charge is -2.26. The SMILES string of the molecule is Clc1cc(NC2CCCC2)c2[nH]c(C3=NC(CCCN4CCOCC4)CS3)cc2c1. The van der Waals surface area contributed by atoms with E-state index in [1.807, 2.05) is 11.8 Å². The van der Waals surface area contributed by atoms with Crippen molar-refractivity contribution in [3.05, 3.63) is 28.9 Å². The number of hydrogen-bond donors (Lipinski definition) is 2. The maximum atomic E-state index is 6.42. The second kappa shape index (κ2) is 9.51. The largest absolute Gasteiger partial charge is 0.381 e. The third-order valence-electron chi connectivity index (χ3n) is 6.47. The molecule has 1 aliphatic carbocycles. The van der Waals surface area contributed by atoms with Crippen molar-refractivity contribution in [2.24, 2.45) is 4.99 Å². The molecule has 1 aromatic heterocycles. The van der Waals surface area contributed by atoms with E-state index in [1.54, 1.807) is 0 Å². The first-order valence-electron chi connectivity index (χ1n) is 11.3. The van der Waals surface area contributed by atoms with E-state index in [1.165, 1.54) is 32.1 Å². The number of halogens is 1. The highest BCUT2D eigenvalue weighted by Gasteiger charge is 2.22. The fourth-order valence-electron chi connectivity index (χ4n) is 4.81. The fraction of sp³-hybridized carbons (Fsp3) is 0.609. The van der Waals surface area contributed by atoms with Crippen LogP contribution in [0.5, 0.6) is 0 Å². The van der Waals surface area contributed by atoms with E-state index in [0.717, 1.165) is 77.4 Å². The molecule has 1 atom stereocenters. The number of anilines is 1. The van der Waals surface area contributed by atoms with Gasteiger partial charge in [0.1, 0.15) is 5.04 Å². The molecule has 0 amide bonds. The summed E-state index contributed by atoms with van der Waals surface area (Å²) in [6.45, 7) is 5.06. The minimum Gasteiger partial charge on any atom is -0.381 e. The van der Waals surface area contributed by atoms with Crippen LogP contribution in [0.3, 0.4) is 0 Å². The molecule has 3 aliphatic rings. The van der Waals surface area contributed by atoms with Crippen LogP contribution in [-0.4, -0.2) is 65.6 Å². The standard InChI is InChI=1S/C23H31ClN4OS/c24-17-12-16-13-21(27-22(16)20(14-17)25-18-4-1-2-5-18)23-26-19(15-30-23)6-3-7-28-8-10-29-11-9-28/h12-14,18-19,25,27H,1-11,15H2. The third kappa shape index (κ3) is 4.82. The number of aliphatic imine (C=N–C) groups is 1. The Morgan fingerprint density at radius 2 is 2.03 bits per heavy atom. The number of thioether (sulfide) groups is 1. The van der Waals surface area contributed by atoms with Crippen molar-refractivity contribution in [3.63, 3.8) is 0 Å². The van der Waals surface area contributed by atoms with Crippen LogP contribution in [0.4, 0.5) is 5.69 Å². The molecule has 1 saturated heterocycles. The number of benzene rings is 1. The number of nitrogens with zero attached hydrogens (tertiary/aromatic N) is 2. The van der Waals surface area contributed by atoms with Crippen LogP contribution in [0, 0.1) is 0 Å². The summed E-state index contributed by atoms with van der Waals surface area (Å²) in [5.74, 6) is 1.09. The Hall–Kier alpha value is -1.21. The topological polar surface area (TPSA) is 52.7 Å². The van der Waals surface area contributed by atoms with Gasteiger partial charge in [-0.05, 0) is 50.4 Å². The molecule has 2 N–H and O–H groups in total. The lowest BCUT2D eigenvalue weighted by molar-refractivity contribution is 0.0371. The van der Waals surface area contributed by atoms with Crippen molar-refractivity contribution in [2.75, 3.05) is 43.9 Å². The van der Waals surface area contributed by atoms with Gasteiger partial charge in [0.15, 0.2) is 0 Å². The number of rotatable bonds is 7. The number of H-pyrrole nitrogens is 1. The number of morpholine rings is 1. The summed E-state index contributed by atoms with van der Waals surface area (Å²) in [4.78, 5) is 11.2. The van der Waals surface area contributed by atoms with Gasteiger partial charge in [-0.25, -0.2) is 0 Å². The van der Waals surface area contributed by atoms with Crippen LogP contribution in [0.15, 0.2) is 23.2 Å². The summed E-state index contributed by atoms with van der Waals surface area (Å²) in [7, 11) is 0. The zero-order valence-electron chi connectivity index (χ0n) is 17.5. The molecule has 2 fully saturated rings. The van der Waals surface area contributed by atoms with Gasteiger partial charge in [-0.2, -0.15) is 0 Å². The average Bonchev–Trinajstić information content (AvgIpc) is 3.49. The first kappa shape index (κ1) is 20.7. The summed E-state index contributed by atoms with van der Waals surface area (Å²) in [6.07, 6.45) is 7.50. The zero-order chi connectivity index (χ0) is 20.3. The van der Waals surface area contributed by atoms with Gasteiger partial charge >= 0.3 is 0 Å². The van der Waals surface area contributed by atoms with Crippen molar-refractivity contribution in [1.82, 2.24) is 9.88 Å². The normalized spacial score (nSPS) is 23.4. The van der Waals surface area contributed by atoms with Gasteiger partial charge in [0.2, 0.25) is 0 Å². The van der Waals surface area contributed by atoms with E-state index < -0.39 is 0 Å². The zero-order valence-corrected chi connectivity index (χ0v) is 19.0. The molecular weight excluding hydrogens is 416 g/mol. The molecule has 162 valence electrons. The van der Waals surface area contributed by atoms with E-state index in [-0.39, 0.29) is 0 Å². The van der Waals surface area contributed by atoms with Gasteiger partial charge in [0, 0.05) is 35.3 Å². The van der Waals surface area contributed by atoms with Crippen LogP contribution >= 0.6 is 23.4 Å². The Kier molecular flexibility index (Phi) is 6.56. The molecule has 1 unspecified atom stereocenters. The predicted molar refractivity (Wildman–Crippen MR) is 128 cm³/mol. The smallest absolute Gasteiger partial charge is 0.114 e. The molecule has 2 aliphatic heterocycles. The molecule has 0 radical (unpaired) electrons. The van der Waals surface area contributed by atoms with E-state index in [9.17, 15) is 0 Å². The summed E-state index contributed by atoms with van der Waals surface area (Å²) >= 11 is 8.30. The highest BCUT2D eigenvalue weighted by molar-refractivity contribution is 8.14. The van der Waals surface area contributed by atoms with E-state index in [2.05, 4.69) is 33.4 Å². The Bertz CT molecular complexity index is 902. The Morgan fingerprint density at radius 3 is 2.87 bits per heavy atom. The van der Waals surface area contributed by atoms with Crippen LogP contribution in [0.2, 0.25) is 5.02 Å². The molecule has 30 heavy (non-hydrogen) atoms. The van der Waals surface area contributed by atoms with Crippen LogP contribution in [0.25, 0.3) is 10.9 Å². The van der Waals surface area contributed by atoms with Gasteiger partial charge in [0.05, 0.1) is 36.2 Å². The number of nitrogens with one attached hydrogen (secondary N) is 2. The van der Waals surface area contributed by atoms with Crippen LogP contribution in [0.1, 0.15) is 44.2 Å². The summed E-state index contributed by atoms with van der Waals surface area (Å²) in [6, 6.07) is 7.31. The van der Waals surface area contributed by atoms with Crippen molar-refractivity contribution >= 4 is 45.0 Å². The summed E-state index contributed by atoms with van der Waals surface area (Å²) in [5.41, 5.74) is 3.41. The van der Waals surface area contributed by atoms with Gasteiger partial charge in [0.25, 0.3) is 0 Å². The van der Waals surface area contributed by atoms with Crippen molar-refractivity contribution in [2.45, 2.75) is 50.6 Å². The van der Waals surface area contributed by atoms with E-state index in [0.29, 0.717) is 12.1 Å². The minimum atomic E-state index is 0.428. The lowest BCUT2D eigenvalue weighted by atomic mass is 10.2. The number of ether oxygens (including phenoxy) is 1. The number of aromatic amines is 1. The van der Waals surface area contributed by atoms with Crippen molar-refractivity contribution in [3.8, 4) is 0 Å². The van der Waals surface area contributed by atoms with E-state index >= 15 is 0 Å². The van der Waals surface area contributed by atoms with Crippen molar-refractivity contribution < 1.29 is 4.74 Å². The molecule has 1 aromatic carbocycles. The molecule has 3 heterocycles. The lowest BCUT2D eigenvalue weighted by Crippen LogP contribution is -2.37. The highest BCUT2D eigenvalue weighted by Crippen LogP contribution is 2.33. The quantitative estimate of drug-likeness (QED) is 0.617. The fourth-order valence-corrected chi connectivity index (χ4v) is 6.12. The number of hydrogen-bond acceptors (Lipinski definition) is 5. The monoisotopic (exact) mass is 446 g/mol. The molecule has 2 aromatic rings. The number of fused-ring (bicyclic) bond motifs is 1. The second-order valence-corrected chi connectivity index (χ2v) is 10.2. The Balaban J connectivity index is 1.25. The highest BCUT2D eigenvalue weighted by atomic mass is 35.5. The molecule has 5 rings (SSSR count). The molecule has 7 heteroatoms. The minimum absolute atomic E-state index is 0.428. The molecule has 0 bridgehead atoms. The Labute approximate surface area is 188 Å². The third-order valence-corrected chi connectivity index (χ3v) is 7.83. The molecule has 1 saturated carbocycles. The first-order valence-corrected chi connectivity index (χ1v) is 12.7. The predicted octanol–water partition coefficient (Wildman–Crippen LogP) is 5.15. The summed E-state index contributed by atoms with van der Waals surface area (Å²) in [5, 5.41) is 6.82. The van der Waals surface area contributed by atoms with Gasteiger partial charge < -0.3 is 15.0 Å². The second-order valence-electron chi connectivity index (χ2n) is 8.72. The van der Waals surface area contributed by atoms with E-state index in [4.69, 9.17) is 21.3 Å². The first-order chi connectivity index (χ1) is 14.7. The van der Waals surface area contributed by atoms with Gasteiger partial charge in [-0.3, -0.25) is 9.89 Å². The van der Waals surface area contributed by atoms with Crippen LogP contribution in [-0.2, 0) is 4.74 Å². The molecule has 5 nitrogen and oxygen atoms in total. The summed E-state index contributed by atoms with van der Waals surface area (Å²) < 4.78 is 5.44. The maximum absolute atomic E-state index is 6.42. The average molecular weight is 447 g/mol. The van der Waals surface area contributed by atoms with Gasteiger partial charge in [-0.1, -0.05) is 24.4 Å². The van der Waals surface area contributed by atoms with Crippen LogP contribution < -0.4 is 5.32 Å². The molecular formula is C23H31ClN4OS. The van der Waals surface area contributed by atoms with Crippen molar-refractivity contribution in [1.29, 1.82) is 0 Å². The Morgan fingerprint density at radius 1 is 1.20 bits per heavy atom.